The molecule has 0 aliphatic heterocycles. The molecule has 0 fully saturated rings. The first-order chi connectivity index (χ1) is 11.9. The third-order valence-electron chi connectivity index (χ3n) is 3.37. The van der Waals surface area contributed by atoms with Crippen LogP contribution in [0.2, 0.25) is 0 Å². The first kappa shape index (κ1) is 17.1. The fraction of sp³-hybridized carbons (Fsp3) is 0.0667. The van der Waals surface area contributed by atoms with Crippen molar-refractivity contribution in [3.8, 4) is 17.5 Å². The quantitative estimate of drug-likeness (QED) is 0.694. The zero-order chi connectivity index (χ0) is 18.0. The predicted molar refractivity (Wildman–Crippen MR) is 93.9 cm³/mol. The fourth-order valence-electron chi connectivity index (χ4n) is 2.24. The summed E-state index contributed by atoms with van der Waals surface area (Å²) in [6, 6.07) is 13.1. The standard InChI is InChI=1S/C15H11BrN6O2S/c1-22-15(18-20-21-22)10-4-2-5-11(8-10)19-25(23,24)14-7-3-6-13(16)12(14)9-17/h2-8,19H,1H3. The summed E-state index contributed by atoms with van der Waals surface area (Å²) in [5.41, 5.74) is 1.04. The van der Waals surface area contributed by atoms with Gasteiger partial charge in [0.05, 0.1) is 5.56 Å². The van der Waals surface area contributed by atoms with E-state index in [0.717, 1.165) is 0 Å². The number of hydrogen-bond donors (Lipinski definition) is 1. The van der Waals surface area contributed by atoms with Crippen LogP contribution in [0.3, 0.4) is 0 Å². The van der Waals surface area contributed by atoms with Crippen molar-refractivity contribution in [3.63, 3.8) is 0 Å². The summed E-state index contributed by atoms with van der Waals surface area (Å²) < 4.78 is 29.7. The molecule has 10 heteroatoms. The Morgan fingerprint density at radius 3 is 2.68 bits per heavy atom. The van der Waals surface area contributed by atoms with Gasteiger partial charge < -0.3 is 0 Å². The molecule has 0 unspecified atom stereocenters. The summed E-state index contributed by atoms with van der Waals surface area (Å²) in [6.07, 6.45) is 0. The number of nitriles is 1. The molecule has 0 atom stereocenters. The Kier molecular flexibility index (Phi) is 4.52. The molecule has 3 rings (SSSR count). The van der Waals surface area contributed by atoms with Crippen LogP contribution in [0.25, 0.3) is 11.4 Å². The van der Waals surface area contributed by atoms with Crippen molar-refractivity contribution in [2.45, 2.75) is 4.90 Å². The van der Waals surface area contributed by atoms with Gasteiger partial charge >= 0.3 is 0 Å². The highest BCUT2D eigenvalue weighted by Crippen LogP contribution is 2.26. The highest BCUT2D eigenvalue weighted by atomic mass is 79.9. The van der Waals surface area contributed by atoms with Crippen LogP contribution in [0, 0.1) is 11.3 Å². The van der Waals surface area contributed by atoms with Gasteiger partial charge in [0, 0.05) is 22.8 Å². The third kappa shape index (κ3) is 3.38. The van der Waals surface area contributed by atoms with Crippen molar-refractivity contribution >= 4 is 31.6 Å². The molecule has 0 spiro atoms. The lowest BCUT2D eigenvalue weighted by Crippen LogP contribution is -2.14. The second-order valence-corrected chi connectivity index (χ2v) is 7.54. The van der Waals surface area contributed by atoms with E-state index in [2.05, 4.69) is 36.2 Å². The van der Waals surface area contributed by atoms with Crippen LogP contribution < -0.4 is 4.72 Å². The van der Waals surface area contributed by atoms with E-state index < -0.39 is 10.0 Å². The summed E-state index contributed by atoms with van der Waals surface area (Å²) in [4.78, 5) is -0.102. The largest absolute Gasteiger partial charge is 0.280 e. The number of sulfonamides is 1. The molecule has 1 heterocycles. The number of anilines is 1. The van der Waals surface area contributed by atoms with E-state index in [1.807, 2.05) is 6.07 Å². The molecule has 1 aromatic heterocycles. The zero-order valence-corrected chi connectivity index (χ0v) is 15.3. The second kappa shape index (κ2) is 6.62. The number of aryl methyl sites for hydroxylation is 1. The topological polar surface area (TPSA) is 114 Å². The van der Waals surface area contributed by atoms with Crippen molar-refractivity contribution in [3.05, 3.63) is 52.5 Å². The van der Waals surface area contributed by atoms with Crippen molar-refractivity contribution in [1.82, 2.24) is 20.2 Å². The Hall–Kier alpha value is -2.77. The average molecular weight is 419 g/mol. The van der Waals surface area contributed by atoms with Gasteiger partial charge in [-0.25, -0.2) is 13.1 Å². The maximum absolute atomic E-state index is 12.7. The van der Waals surface area contributed by atoms with Gasteiger partial charge in [0.25, 0.3) is 10.0 Å². The normalized spacial score (nSPS) is 11.1. The maximum atomic E-state index is 12.7. The molecular formula is C15H11BrN6O2S. The van der Waals surface area contributed by atoms with Gasteiger partial charge in [-0.15, -0.1) is 5.10 Å². The lowest BCUT2D eigenvalue weighted by Gasteiger charge is -2.11. The highest BCUT2D eigenvalue weighted by molar-refractivity contribution is 9.10. The molecule has 0 saturated heterocycles. The van der Waals surface area contributed by atoms with Crippen LogP contribution in [-0.4, -0.2) is 28.6 Å². The van der Waals surface area contributed by atoms with Crippen LogP contribution in [0.1, 0.15) is 5.56 Å². The van der Waals surface area contributed by atoms with Crippen LogP contribution in [0.5, 0.6) is 0 Å². The summed E-state index contributed by atoms with van der Waals surface area (Å²) in [6.45, 7) is 0. The molecule has 0 aliphatic rings. The molecule has 126 valence electrons. The van der Waals surface area contributed by atoms with E-state index in [1.54, 1.807) is 43.4 Å². The van der Waals surface area contributed by atoms with Gasteiger partial charge in [0.15, 0.2) is 5.82 Å². The van der Waals surface area contributed by atoms with E-state index in [-0.39, 0.29) is 10.5 Å². The first-order valence-electron chi connectivity index (χ1n) is 6.96. The molecule has 2 aromatic carbocycles. The van der Waals surface area contributed by atoms with E-state index in [9.17, 15) is 13.7 Å². The number of tetrazole rings is 1. The average Bonchev–Trinajstić information content (AvgIpc) is 3.00. The number of nitrogens with zero attached hydrogens (tertiary/aromatic N) is 5. The maximum Gasteiger partial charge on any atom is 0.263 e. The van der Waals surface area contributed by atoms with Crippen LogP contribution in [0.4, 0.5) is 5.69 Å². The van der Waals surface area contributed by atoms with Gasteiger partial charge in [-0.1, -0.05) is 18.2 Å². The number of benzene rings is 2. The van der Waals surface area contributed by atoms with Gasteiger partial charge in [0.1, 0.15) is 11.0 Å². The molecule has 0 radical (unpaired) electrons. The Bertz CT molecular complexity index is 1090. The monoisotopic (exact) mass is 418 g/mol. The smallest absolute Gasteiger partial charge is 0.263 e. The van der Waals surface area contributed by atoms with Crippen LogP contribution >= 0.6 is 15.9 Å². The minimum Gasteiger partial charge on any atom is -0.280 e. The second-order valence-electron chi connectivity index (χ2n) is 5.04. The number of nitrogens with one attached hydrogen (secondary N) is 1. The molecule has 8 nitrogen and oxygen atoms in total. The van der Waals surface area contributed by atoms with Gasteiger partial charge in [-0.05, 0) is 50.6 Å². The highest BCUT2D eigenvalue weighted by Gasteiger charge is 2.20. The SMILES string of the molecule is Cn1nnnc1-c1cccc(NS(=O)(=O)c2cccc(Br)c2C#N)c1. The molecule has 1 N–H and O–H groups in total. The van der Waals surface area contributed by atoms with Gasteiger partial charge in [0.2, 0.25) is 0 Å². The van der Waals surface area contributed by atoms with Crippen molar-refractivity contribution < 1.29 is 8.42 Å². The van der Waals surface area contributed by atoms with E-state index >= 15 is 0 Å². The minimum atomic E-state index is -3.94. The fourth-order valence-corrected chi connectivity index (χ4v) is 4.06. The lowest BCUT2D eigenvalue weighted by atomic mass is 10.2. The van der Waals surface area contributed by atoms with E-state index in [1.165, 1.54) is 10.7 Å². The summed E-state index contributed by atoms with van der Waals surface area (Å²) in [7, 11) is -2.25. The molecular weight excluding hydrogens is 408 g/mol. The number of aromatic nitrogens is 4. The Morgan fingerprint density at radius 1 is 1.24 bits per heavy atom. The number of rotatable bonds is 4. The number of hydrogen-bond acceptors (Lipinski definition) is 6. The molecule has 0 amide bonds. The third-order valence-corrected chi connectivity index (χ3v) is 5.45. The summed E-state index contributed by atoms with van der Waals surface area (Å²) in [5.74, 6) is 0.501. The van der Waals surface area contributed by atoms with Crippen LogP contribution in [-0.2, 0) is 17.1 Å². The predicted octanol–water partition coefficient (Wildman–Crippen LogP) is 2.31. The molecule has 0 saturated carbocycles. The van der Waals surface area contributed by atoms with Crippen molar-refractivity contribution in [1.29, 1.82) is 5.26 Å². The molecule has 0 bridgehead atoms. The number of halogens is 1. The molecule has 25 heavy (non-hydrogen) atoms. The van der Waals surface area contributed by atoms with Gasteiger partial charge in [-0.3, -0.25) is 4.72 Å². The lowest BCUT2D eigenvalue weighted by molar-refractivity contribution is 0.601. The van der Waals surface area contributed by atoms with Crippen LogP contribution in [0.15, 0.2) is 51.8 Å². The molecule has 0 aliphatic carbocycles. The Labute approximate surface area is 152 Å². The Balaban J connectivity index is 1.99. The van der Waals surface area contributed by atoms with E-state index in [4.69, 9.17) is 0 Å². The van der Waals surface area contributed by atoms with Crippen molar-refractivity contribution in [2.24, 2.45) is 7.05 Å². The zero-order valence-electron chi connectivity index (χ0n) is 12.9. The van der Waals surface area contributed by atoms with E-state index in [0.29, 0.717) is 21.5 Å². The summed E-state index contributed by atoms with van der Waals surface area (Å²) in [5, 5.41) is 20.4. The minimum absolute atomic E-state index is 0.0451. The van der Waals surface area contributed by atoms with Crippen molar-refractivity contribution in [2.75, 3.05) is 4.72 Å². The molecule has 3 aromatic rings. The summed E-state index contributed by atoms with van der Waals surface area (Å²) >= 11 is 3.19. The van der Waals surface area contributed by atoms with Gasteiger partial charge in [-0.2, -0.15) is 5.26 Å². The Morgan fingerprint density at radius 2 is 2.00 bits per heavy atom. The first-order valence-corrected chi connectivity index (χ1v) is 9.24.